The smallest absolute Gasteiger partial charge is 0.0369 e. The van der Waals surface area contributed by atoms with Gasteiger partial charge in [0, 0.05) is 37.9 Å². The molecule has 106 valence electrons. The van der Waals surface area contributed by atoms with Crippen LogP contribution in [0.2, 0.25) is 0 Å². The molecule has 2 nitrogen and oxygen atoms in total. The Bertz CT molecular complexity index is 390. The van der Waals surface area contributed by atoms with Crippen LogP contribution >= 0.6 is 0 Å². The Morgan fingerprint density at radius 3 is 2.26 bits per heavy atom. The molecule has 0 atom stereocenters. The molecule has 0 amide bonds. The normalized spacial score (nSPS) is 17.5. The molecular weight excluding hydrogens is 232 g/mol. The van der Waals surface area contributed by atoms with Crippen molar-refractivity contribution in [2.24, 2.45) is 5.92 Å². The summed E-state index contributed by atoms with van der Waals surface area (Å²) in [6.07, 6.45) is 1.18. The molecule has 0 N–H and O–H groups in total. The minimum absolute atomic E-state index is 0.675. The van der Waals surface area contributed by atoms with E-state index in [0.29, 0.717) is 6.04 Å². The van der Waals surface area contributed by atoms with E-state index in [1.807, 2.05) is 0 Å². The molecule has 2 rings (SSSR count). The van der Waals surface area contributed by atoms with E-state index in [1.54, 1.807) is 0 Å². The Morgan fingerprint density at radius 1 is 1.00 bits per heavy atom. The Hall–Kier alpha value is -1.02. The third kappa shape index (κ3) is 3.97. The van der Waals surface area contributed by atoms with Crippen LogP contribution in [0.15, 0.2) is 24.3 Å². The van der Waals surface area contributed by atoms with E-state index in [0.717, 1.165) is 19.0 Å². The van der Waals surface area contributed by atoms with Gasteiger partial charge in [-0.25, -0.2) is 0 Å². The van der Waals surface area contributed by atoms with Gasteiger partial charge < -0.3 is 4.90 Å². The molecule has 0 aliphatic carbocycles. The Morgan fingerprint density at radius 2 is 1.68 bits per heavy atom. The van der Waals surface area contributed by atoms with Gasteiger partial charge in [-0.2, -0.15) is 0 Å². The van der Waals surface area contributed by atoms with Gasteiger partial charge >= 0.3 is 0 Å². The highest BCUT2D eigenvalue weighted by atomic mass is 15.3. The predicted octanol–water partition coefficient (Wildman–Crippen LogP) is 3.42. The van der Waals surface area contributed by atoms with Gasteiger partial charge in [-0.3, -0.25) is 4.90 Å². The first-order valence-electron chi connectivity index (χ1n) is 7.64. The summed E-state index contributed by atoms with van der Waals surface area (Å²) in [7, 11) is 0. The van der Waals surface area contributed by atoms with Crippen molar-refractivity contribution in [3.63, 3.8) is 0 Å². The third-order valence-corrected chi connectivity index (χ3v) is 3.96. The first kappa shape index (κ1) is 14.4. The molecular formula is C17H28N2. The number of hydrogen-bond acceptors (Lipinski definition) is 2. The maximum Gasteiger partial charge on any atom is 0.0369 e. The number of benzene rings is 1. The molecule has 1 fully saturated rings. The van der Waals surface area contributed by atoms with E-state index in [2.05, 4.69) is 61.8 Å². The summed E-state index contributed by atoms with van der Waals surface area (Å²) in [4.78, 5) is 5.09. The molecule has 1 saturated heterocycles. The van der Waals surface area contributed by atoms with Gasteiger partial charge in [-0.15, -0.1) is 0 Å². The highest BCUT2D eigenvalue weighted by Gasteiger charge is 2.18. The largest absolute Gasteiger partial charge is 0.369 e. The average Bonchev–Trinajstić information content (AvgIpc) is 2.38. The van der Waals surface area contributed by atoms with E-state index in [9.17, 15) is 0 Å². The second-order valence-corrected chi connectivity index (χ2v) is 6.38. The Labute approximate surface area is 118 Å². The first-order valence-corrected chi connectivity index (χ1v) is 7.64. The zero-order valence-corrected chi connectivity index (χ0v) is 12.9. The van der Waals surface area contributed by atoms with Crippen LogP contribution in [0.3, 0.4) is 0 Å². The van der Waals surface area contributed by atoms with Gasteiger partial charge in [0.2, 0.25) is 0 Å². The minimum atomic E-state index is 0.675. The van der Waals surface area contributed by atoms with E-state index in [4.69, 9.17) is 0 Å². The van der Waals surface area contributed by atoms with Crippen molar-refractivity contribution in [2.45, 2.75) is 40.2 Å². The summed E-state index contributed by atoms with van der Waals surface area (Å²) in [5.41, 5.74) is 2.88. The molecule has 1 aliphatic heterocycles. The first-order chi connectivity index (χ1) is 9.06. The van der Waals surface area contributed by atoms with Gasteiger partial charge in [-0.05, 0) is 43.9 Å². The van der Waals surface area contributed by atoms with Crippen molar-refractivity contribution < 1.29 is 0 Å². The van der Waals surface area contributed by atoms with Gasteiger partial charge in [0.05, 0.1) is 0 Å². The molecule has 0 radical (unpaired) electrons. The topological polar surface area (TPSA) is 6.48 Å². The van der Waals surface area contributed by atoms with Crippen LogP contribution < -0.4 is 4.90 Å². The maximum absolute atomic E-state index is 2.56. The zero-order valence-electron chi connectivity index (χ0n) is 12.9. The van der Waals surface area contributed by atoms with Crippen molar-refractivity contribution >= 4 is 5.69 Å². The number of anilines is 1. The van der Waals surface area contributed by atoms with E-state index in [1.165, 1.54) is 30.8 Å². The highest BCUT2D eigenvalue weighted by molar-refractivity contribution is 5.49. The lowest BCUT2D eigenvalue weighted by Crippen LogP contribution is -2.48. The summed E-state index contributed by atoms with van der Waals surface area (Å²) < 4.78 is 0. The van der Waals surface area contributed by atoms with Gasteiger partial charge in [0.15, 0.2) is 0 Å². The van der Waals surface area contributed by atoms with Crippen molar-refractivity contribution in [3.05, 3.63) is 29.8 Å². The van der Waals surface area contributed by atoms with Crippen LogP contribution in [0.5, 0.6) is 0 Å². The molecule has 0 aromatic heterocycles. The summed E-state index contributed by atoms with van der Waals surface area (Å²) in [5, 5.41) is 0. The fourth-order valence-corrected chi connectivity index (χ4v) is 2.85. The van der Waals surface area contributed by atoms with Crippen LogP contribution in [0.1, 0.15) is 33.3 Å². The van der Waals surface area contributed by atoms with Crippen LogP contribution in [-0.4, -0.2) is 37.1 Å². The predicted molar refractivity (Wildman–Crippen MR) is 83.9 cm³/mol. The van der Waals surface area contributed by atoms with Gasteiger partial charge in [-0.1, -0.05) is 26.0 Å². The van der Waals surface area contributed by atoms with Crippen molar-refractivity contribution in [2.75, 3.05) is 31.1 Å². The van der Waals surface area contributed by atoms with Crippen molar-refractivity contribution in [1.29, 1.82) is 0 Å². The molecule has 1 aromatic rings. The lowest BCUT2D eigenvalue weighted by atomic mass is 10.0. The van der Waals surface area contributed by atoms with Crippen LogP contribution in [0.4, 0.5) is 5.69 Å². The van der Waals surface area contributed by atoms with E-state index >= 15 is 0 Å². The Balaban J connectivity index is 1.99. The number of nitrogens with zero attached hydrogens (tertiary/aromatic N) is 2. The fraction of sp³-hybridized carbons (Fsp3) is 0.647. The molecule has 2 heteroatoms. The molecule has 0 unspecified atom stereocenters. The van der Waals surface area contributed by atoms with E-state index in [-0.39, 0.29) is 0 Å². The summed E-state index contributed by atoms with van der Waals surface area (Å²) >= 11 is 0. The Kier molecular flexibility index (Phi) is 4.87. The molecule has 0 spiro atoms. The van der Waals surface area contributed by atoms with Crippen LogP contribution in [0.25, 0.3) is 0 Å². The molecule has 19 heavy (non-hydrogen) atoms. The second kappa shape index (κ2) is 6.42. The lowest BCUT2D eigenvalue weighted by molar-refractivity contribution is 0.209. The standard InChI is InChI=1S/C17H28N2/c1-14(2)12-16-6-5-7-17(13-16)19-10-8-18(9-11-19)15(3)4/h5-7,13-15H,8-12H2,1-4H3. The monoisotopic (exact) mass is 260 g/mol. The quantitative estimate of drug-likeness (QED) is 0.818. The third-order valence-electron chi connectivity index (χ3n) is 3.96. The maximum atomic E-state index is 2.56. The van der Waals surface area contributed by atoms with Crippen LogP contribution in [-0.2, 0) is 6.42 Å². The molecule has 1 heterocycles. The zero-order chi connectivity index (χ0) is 13.8. The van der Waals surface area contributed by atoms with E-state index < -0.39 is 0 Å². The number of rotatable bonds is 4. The molecule has 0 bridgehead atoms. The number of piperazine rings is 1. The highest BCUT2D eigenvalue weighted by Crippen LogP contribution is 2.20. The summed E-state index contributed by atoms with van der Waals surface area (Å²) in [6.45, 7) is 13.8. The van der Waals surface area contributed by atoms with Crippen molar-refractivity contribution in [3.8, 4) is 0 Å². The molecule has 0 saturated carbocycles. The minimum Gasteiger partial charge on any atom is -0.369 e. The summed E-state index contributed by atoms with van der Waals surface area (Å²) in [6, 6.07) is 9.78. The van der Waals surface area contributed by atoms with Gasteiger partial charge in [0.1, 0.15) is 0 Å². The number of hydrogen-bond donors (Lipinski definition) is 0. The van der Waals surface area contributed by atoms with Crippen LogP contribution in [0, 0.1) is 5.92 Å². The fourth-order valence-electron chi connectivity index (χ4n) is 2.85. The summed E-state index contributed by atoms with van der Waals surface area (Å²) in [5.74, 6) is 0.730. The molecule has 1 aromatic carbocycles. The molecule has 1 aliphatic rings. The van der Waals surface area contributed by atoms with Crippen molar-refractivity contribution in [1.82, 2.24) is 4.90 Å². The lowest BCUT2D eigenvalue weighted by Gasteiger charge is -2.38. The van der Waals surface area contributed by atoms with Gasteiger partial charge in [0.25, 0.3) is 0 Å². The average molecular weight is 260 g/mol. The SMILES string of the molecule is CC(C)Cc1cccc(N2CCN(C(C)C)CC2)c1. The second-order valence-electron chi connectivity index (χ2n) is 6.38.